The number of hydrogen-bond acceptors (Lipinski definition) is 4. The smallest absolute Gasteiger partial charge is 0.335 e. The van der Waals surface area contributed by atoms with E-state index in [-0.39, 0.29) is 6.03 Å². The van der Waals surface area contributed by atoms with E-state index in [0.717, 1.165) is 41.8 Å². The first-order valence-electron chi connectivity index (χ1n) is 13.6. The van der Waals surface area contributed by atoms with E-state index in [9.17, 15) is 4.79 Å². The Morgan fingerprint density at radius 1 is 0.925 bits per heavy atom. The molecule has 204 valence electrons. The molecular weight excluding hydrogens is 500 g/mol. The Labute approximate surface area is 235 Å². The third-order valence-electron chi connectivity index (χ3n) is 6.95. The molecule has 0 N–H and O–H groups in total. The lowest BCUT2D eigenvalue weighted by Gasteiger charge is -2.36. The number of fused-ring (bicyclic) bond motifs is 1. The maximum atomic E-state index is 14.2. The Balaban J connectivity index is 1.55. The predicted octanol–water partition coefficient (Wildman–Crippen LogP) is 7.28. The highest BCUT2D eigenvalue weighted by Gasteiger charge is 2.39. The predicted molar refractivity (Wildman–Crippen MR) is 159 cm³/mol. The number of para-hydroxylation sites is 2. The minimum Gasteiger partial charge on any atom is -0.497 e. The summed E-state index contributed by atoms with van der Waals surface area (Å²) < 4.78 is 13.6. The normalized spacial score (nSPS) is 12.8. The molecule has 40 heavy (non-hydrogen) atoms. The van der Waals surface area contributed by atoms with Crippen molar-refractivity contribution in [3.8, 4) is 11.5 Å². The zero-order valence-electron chi connectivity index (χ0n) is 23.0. The number of aromatic nitrogens is 2. The maximum Gasteiger partial charge on any atom is 0.335 e. The van der Waals surface area contributed by atoms with Crippen molar-refractivity contribution in [2.75, 3.05) is 23.5 Å². The largest absolute Gasteiger partial charge is 0.497 e. The number of amides is 2. The Morgan fingerprint density at radius 3 is 2.40 bits per heavy atom. The number of imidazole rings is 1. The monoisotopic (exact) mass is 534 g/mol. The Hall–Kier alpha value is -4.74. The molecule has 0 fully saturated rings. The van der Waals surface area contributed by atoms with Crippen LogP contribution in [-0.2, 0) is 13.2 Å². The fourth-order valence-corrected chi connectivity index (χ4v) is 4.88. The van der Waals surface area contributed by atoms with Crippen LogP contribution in [0.4, 0.5) is 16.3 Å². The van der Waals surface area contributed by atoms with Gasteiger partial charge >= 0.3 is 6.03 Å². The van der Waals surface area contributed by atoms with Crippen molar-refractivity contribution >= 4 is 23.2 Å². The van der Waals surface area contributed by atoms with E-state index in [4.69, 9.17) is 14.5 Å². The molecule has 1 aliphatic heterocycles. The molecule has 2 heterocycles. The van der Waals surface area contributed by atoms with Gasteiger partial charge in [0.2, 0.25) is 0 Å². The Kier molecular flexibility index (Phi) is 8.33. The number of urea groups is 1. The van der Waals surface area contributed by atoms with Crippen molar-refractivity contribution < 1.29 is 14.3 Å². The van der Waals surface area contributed by atoms with Crippen LogP contribution in [0.25, 0.3) is 5.70 Å². The number of benzene rings is 3. The van der Waals surface area contributed by atoms with Crippen molar-refractivity contribution in [3.05, 3.63) is 114 Å². The van der Waals surface area contributed by atoms with Gasteiger partial charge in [0.15, 0.2) is 5.82 Å². The van der Waals surface area contributed by atoms with Crippen LogP contribution in [0.3, 0.4) is 0 Å². The van der Waals surface area contributed by atoms with Gasteiger partial charge in [-0.15, -0.1) is 0 Å². The summed E-state index contributed by atoms with van der Waals surface area (Å²) in [7, 11) is 1.66. The molecule has 3 aromatic carbocycles. The fourth-order valence-electron chi connectivity index (χ4n) is 4.88. The SMILES string of the molecule is C=C=C1c2c(ncn2Cc2ccc(OC)cc2)N(CCCCC)C(=O)N1c1ccccc1OCc1ccccc1. The highest BCUT2D eigenvalue weighted by Crippen LogP contribution is 2.41. The highest BCUT2D eigenvalue weighted by atomic mass is 16.5. The molecule has 1 aliphatic rings. The zero-order valence-corrected chi connectivity index (χ0v) is 23.0. The number of nitrogens with zero attached hydrogens (tertiary/aromatic N) is 4. The van der Waals surface area contributed by atoms with Gasteiger partial charge in [-0.05, 0) is 41.8 Å². The summed E-state index contributed by atoms with van der Waals surface area (Å²) in [6, 6.07) is 25.3. The molecule has 0 bridgehead atoms. The minimum absolute atomic E-state index is 0.194. The number of carbonyl (C=O) groups is 1. The van der Waals surface area contributed by atoms with Gasteiger partial charge < -0.3 is 14.0 Å². The number of carbonyl (C=O) groups excluding carboxylic acids is 1. The Morgan fingerprint density at radius 2 is 1.68 bits per heavy atom. The lowest BCUT2D eigenvalue weighted by Crippen LogP contribution is -2.47. The van der Waals surface area contributed by atoms with E-state index in [1.807, 2.05) is 83.4 Å². The van der Waals surface area contributed by atoms with Gasteiger partial charge in [-0.1, -0.05) is 86.7 Å². The van der Waals surface area contributed by atoms with E-state index in [0.29, 0.717) is 42.6 Å². The molecule has 0 saturated heterocycles. The number of rotatable bonds is 11. The zero-order chi connectivity index (χ0) is 27.9. The quantitative estimate of drug-likeness (QED) is 0.150. The van der Waals surface area contributed by atoms with Gasteiger partial charge in [-0.3, -0.25) is 4.90 Å². The summed E-state index contributed by atoms with van der Waals surface area (Å²) in [4.78, 5) is 22.3. The Bertz CT molecular complexity index is 1500. The van der Waals surface area contributed by atoms with E-state index in [2.05, 4.69) is 19.2 Å². The molecule has 0 radical (unpaired) electrons. The maximum absolute atomic E-state index is 14.2. The summed E-state index contributed by atoms with van der Waals surface area (Å²) in [6.07, 6.45) is 4.73. The molecule has 7 nitrogen and oxygen atoms in total. The van der Waals surface area contributed by atoms with Gasteiger partial charge in [0.25, 0.3) is 0 Å². The number of hydrogen-bond donors (Lipinski definition) is 0. The lowest BCUT2D eigenvalue weighted by atomic mass is 10.1. The first-order valence-corrected chi connectivity index (χ1v) is 13.6. The summed E-state index contributed by atoms with van der Waals surface area (Å²) in [5.41, 5.74) is 7.17. The second kappa shape index (κ2) is 12.4. The van der Waals surface area contributed by atoms with Crippen LogP contribution in [0.5, 0.6) is 11.5 Å². The van der Waals surface area contributed by atoms with Crippen LogP contribution in [0, 0.1) is 0 Å². The molecule has 0 aliphatic carbocycles. The number of unbranched alkanes of at least 4 members (excludes halogenated alkanes) is 2. The molecule has 4 aromatic rings. The number of anilines is 2. The van der Waals surface area contributed by atoms with Gasteiger partial charge in [-0.2, -0.15) is 0 Å². The molecule has 5 rings (SSSR count). The minimum atomic E-state index is -0.194. The summed E-state index contributed by atoms with van der Waals surface area (Å²) >= 11 is 0. The van der Waals surface area contributed by atoms with E-state index < -0.39 is 0 Å². The first-order chi connectivity index (χ1) is 19.6. The van der Waals surface area contributed by atoms with Crippen LogP contribution in [0.2, 0.25) is 0 Å². The van der Waals surface area contributed by atoms with E-state index in [1.165, 1.54) is 0 Å². The van der Waals surface area contributed by atoms with Crippen molar-refractivity contribution in [1.29, 1.82) is 0 Å². The molecule has 0 saturated carbocycles. The summed E-state index contributed by atoms with van der Waals surface area (Å²) in [5, 5.41) is 0. The topological polar surface area (TPSA) is 59.8 Å². The average molecular weight is 535 g/mol. The van der Waals surface area contributed by atoms with Crippen molar-refractivity contribution in [2.45, 2.75) is 39.3 Å². The number of ether oxygens (including phenoxy) is 2. The highest BCUT2D eigenvalue weighted by molar-refractivity contribution is 6.17. The molecule has 0 atom stereocenters. The van der Waals surface area contributed by atoms with Gasteiger partial charge in [0.1, 0.15) is 29.5 Å². The first kappa shape index (κ1) is 26.9. The van der Waals surface area contributed by atoms with Crippen molar-refractivity contribution in [2.24, 2.45) is 0 Å². The van der Waals surface area contributed by atoms with E-state index >= 15 is 0 Å². The summed E-state index contributed by atoms with van der Waals surface area (Å²) in [6.45, 7) is 7.66. The van der Waals surface area contributed by atoms with Crippen LogP contribution in [0.15, 0.2) is 97.5 Å². The molecule has 1 aromatic heterocycles. The van der Waals surface area contributed by atoms with Crippen LogP contribution in [0.1, 0.15) is 43.0 Å². The third-order valence-corrected chi connectivity index (χ3v) is 6.95. The standard InChI is InChI=1S/C33H34N4O3/c1-4-6-12-21-36-32-31(35(24-34-32)22-25-17-19-27(39-3)20-18-25)28(5-2)37(33(36)38)29-15-10-11-16-30(29)40-23-26-13-8-7-9-14-26/h7-11,13-20,24H,2,4,6,12,21-23H2,1,3H3. The average Bonchev–Trinajstić information content (AvgIpc) is 3.41. The van der Waals surface area contributed by atoms with Gasteiger partial charge in [-0.25, -0.2) is 14.7 Å². The van der Waals surface area contributed by atoms with Crippen LogP contribution >= 0.6 is 0 Å². The molecule has 0 unspecified atom stereocenters. The van der Waals surface area contributed by atoms with Crippen LogP contribution in [-0.4, -0.2) is 29.2 Å². The molecule has 0 spiro atoms. The van der Waals surface area contributed by atoms with Crippen LogP contribution < -0.4 is 19.3 Å². The van der Waals surface area contributed by atoms with Crippen molar-refractivity contribution in [3.63, 3.8) is 0 Å². The molecule has 7 heteroatoms. The van der Waals surface area contributed by atoms with Crippen molar-refractivity contribution in [1.82, 2.24) is 9.55 Å². The lowest BCUT2D eigenvalue weighted by molar-refractivity contribution is 0.252. The fraction of sp³-hybridized carbons (Fsp3) is 0.242. The molecular formula is C33H34N4O3. The second-order valence-corrected chi connectivity index (χ2v) is 9.64. The number of methoxy groups -OCH3 is 1. The van der Waals surface area contributed by atoms with E-state index in [1.54, 1.807) is 23.2 Å². The third kappa shape index (κ3) is 5.51. The van der Waals surface area contributed by atoms with Gasteiger partial charge in [0, 0.05) is 13.1 Å². The van der Waals surface area contributed by atoms with Gasteiger partial charge in [0.05, 0.1) is 19.1 Å². The second-order valence-electron chi connectivity index (χ2n) is 9.64. The summed E-state index contributed by atoms with van der Waals surface area (Å²) in [5.74, 6) is 2.03. The molecule has 2 amide bonds.